The third-order valence-electron chi connectivity index (χ3n) is 2.70. The van der Waals surface area contributed by atoms with Crippen LogP contribution < -0.4 is 0 Å². The van der Waals surface area contributed by atoms with Gasteiger partial charge in [0.2, 0.25) is 5.82 Å². The molecular weight excluding hydrogens is 278 g/mol. The summed E-state index contributed by atoms with van der Waals surface area (Å²) in [5, 5.41) is 19.3. The minimum Gasteiger partial charge on any atom is -0.480 e. The first-order valence-corrected chi connectivity index (χ1v) is 5.30. The molecule has 0 saturated heterocycles. The number of hydrogen-bond acceptors (Lipinski definition) is 4. The van der Waals surface area contributed by atoms with Crippen molar-refractivity contribution in [1.29, 1.82) is 0 Å². The van der Waals surface area contributed by atoms with Gasteiger partial charge in [-0.2, -0.15) is 4.39 Å². The van der Waals surface area contributed by atoms with Crippen LogP contribution in [0.5, 0.6) is 0 Å². The second-order valence-electron chi connectivity index (χ2n) is 3.97. The van der Waals surface area contributed by atoms with Gasteiger partial charge in [0, 0.05) is 7.05 Å². The van der Waals surface area contributed by atoms with E-state index in [2.05, 4.69) is 0 Å². The number of rotatable bonds is 4. The lowest BCUT2D eigenvalue weighted by Crippen LogP contribution is -2.40. The monoisotopic (exact) mass is 288 g/mol. The zero-order valence-corrected chi connectivity index (χ0v) is 10.5. The lowest BCUT2D eigenvalue weighted by molar-refractivity contribution is -0.387. The molecule has 0 saturated carbocycles. The molecule has 1 rings (SSSR count). The van der Waals surface area contributed by atoms with Crippen LogP contribution in [0.15, 0.2) is 12.1 Å². The van der Waals surface area contributed by atoms with Crippen molar-refractivity contribution < 1.29 is 28.4 Å². The Morgan fingerprint density at radius 3 is 2.40 bits per heavy atom. The number of carboxylic acids is 1. The van der Waals surface area contributed by atoms with Crippen molar-refractivity contribution in [3.8, 4) is 0 Å². The Labute approximate surface area is 111 Å². The summed E-state index contributed by atoms with van der Waals surface area (Å²) < 4.78 is 27.0. The Balaban J connectivity index is 3.30. The van der Waals surface area contributed by atoms with Crippen LogP contribution in [0.4, 0.5) is 14.5 Å². The fourth-order valence-corrected chi connectivity index (χ4v) is 1.39. The number of aliphatic carboxylic acids is 1. The summed E-state index contributed by atoms with van der Waals surface area (Å²) >= 11 is 0. The van der Waals surface area contributed by atoms with Crippen molar-refractivity contribution in [2.45, 2.75) is 13.0 Å². The second-order valence-corrected chi connectivity index (χ2v) is 3.97. The van der Waals surface area contributed by atoms with E-state index in [1.54, 1.807) is 0 Å². The Morgan fingerprint density at radius 1 is 1.40 bits per heavy atom. The van der Waals surface area contributed by atoms with Crippen molar-refractivity contribution >= 4 is 17.6 Å². The van der Waals surface area contributed by atoms with Crippen molar-refractivity contribution in [2.24, 2.45) is 0 Å². The van der Waals surface area contributed by atoms with E-state index in [9.17, 15) is 28.5 Å². The summed E-state index contributed by atoms with van der Waals surface area (Å²) in [4.78, 5) is 32.6. The van der Waals surface area contributed by atoms with Gasteiger partial charge in [-0.25, -0.2) is 9.18 Å². The number of likely N-dealkylation sites (N-methyl/N-ethyl adjacent to an activating group) is 1. The SMILES string of the molecule is CC(C(=O)O)N(C)C(=O)c1cc(F)cc([N+](=O)[O-])c1F. The molecule has 0 fully saturated rings. The summed E-state index contributed by atoms with van der Waals surface area (Å²) in [7, 11) is 1.07. The molecule has 0 aliphatic heterocycles. The molecule has 20 heavy (non-hydrogen) atoms. The highest BCUT2D eigenvalue weighted by atomic mass is 19.1. The summed E-state index contributed by atoms with van der Waals surface area (Å²) in [6, 6.07) is -0.480. The van der Waals surface area contributed by atoms with Gasteiger partial charge in [0.1, 0.15) is 11.9 Å². The molecule has 0 aliphatic carbocycles. The van der Waals surface area contributed by atoms with E-state index in [4.69, 9.17) is 5.11 Å². The highest BCUT2D eigenvalue weighted by Gasteiger charge is 2.29. The van der Waals surface area contributed by atoms with Gasteiger partial charge in [0.05, 0.1) is 16.6 Å². The van der Waals surface area contributed by atoms with Gasteiger partial charge >= 0.3 is 11.7 Å². The summed E-state index contributed by atoms with van der Waals surface area (Å²) in [6.07, 6.45) is 0. The normalized spacial score (nSPS) is 11.8. The maximum atomic E-state index is 13.8. The molecule has 1 aromatic carbocycles. The lowest BCUT2D eigenvalue weighted by Gasteiger charge is -2.21. The molecule has 108 valence electrons. The Hall–Kier alpha value is -2.58. The van der Waals surface area contributed by atoms with E-state index in [-0.39, 0.29) is 0 Å². The zero-order chi connectivity index (χ0) is 15.6. The number of nitrogens with zero attached hydrogens (tertiary/aromatic N) is 2. The Morgan fingerprint density at radius 2 is 1.95 bits per heavy atom. The lowest BCUT2D eigenvalue weighted by atomic mass is 10.1. The van der Waals surface area contributed by atoms with Gasteiger partial charge in [0.25, 0.3) is 5.91 Å². The number of carbonyl (C=O) groups excluding carboxylic acids is 1. The molecule has 0 bridgehead atoms. The van der Waals surface area contributed by atoms with E-state index in [1.807, 2.05) is 0 Å². The molecule has 0 radical (unpaired) electrons. The number of carbonyl (C=O) groups is 2. The van der Waals surface area contributed by atoms with Gasteiger partial charge < -0.3 is 10.0 Å². The molecule has 0 aromatic heterocycles. The molecule has 9 heteroatoms. The third kappa shape index (κ3) is 2.87. The van der Waals surface area contributed by atoms with Crippen LogP contribution in [-0.4, -0.2) is 39.9 Å². The zero-order valence-electron chi connectivity index (χ0n) is 10.5. The average molecular weight is 288 g/mol. The molecule has 1 unspecified atom stereocenters. The van der Waals surface area contributed by atoms with E-state index in [0.717, 1.165) is 14.0 Å². The molecule has 1 N–H and O–H groups in total. The molecule has 7 nitrogen and oxygen atoms in total. The standard InChI is InChI=1S/C11H10F2N2O5/c1-5(11(17)18)14(2)10(16)7-3-6(12)4-8(9(7)13)15(19)20/h3-5H,1-2H3,(H,17,18). The number of carboxylic acid groups (broad SMARTS) is 1. The molecule has 0 heterocycles. The van der Waals surface area contributed by atoms with Crippen LogP contribution in [0.25, 0.3) is 0 Å². The van der Waals surface area contributed by atoms with Crippen molar-refractivity contribution in [2.75, 3.05) is 7.05 Å². The topological polar surface area (TPSA) is 101 Å². The number of benzene rings is 1. The van der Waals surface area contributed by atoms with Crippen LogP contribution in [0, 0.1) is 21.7 Å². The predicted octanol–water partition coefficient (Wildman–Crippen LogP) is 1.42. The number of amides is 1. The number of nitro groups is 1. The first-order chi connectivity index (χ1) is 9.16. The van der Waals surface area contributed by atoms with E-state index >= 15 is 0 Å². The summed E-state index contributed by atoms with van der Waals surface area (Å²) in [5.74, 6) is -5.20. The van der Waals surface area contributed by atoms with Crippen molar-refractivity contribution in [3.63, 3.8) is 0 Å². The van der Waals surface area contributed by atoms with Crippen LogP contribution in [0.3, 0.4) is 0 Å². The van der Waals surface area contributed by atoms with Gasteiger partial charge in [-0.15, -0.1) is 0 Å². The largest absolute Gasteiger partial charge is 0.480 e. The van der Waals surface area contributed by atoms with Gasteiger partial charge in [-0.05, 0) is 13.0 Å². The average Bonchev–Trinajstić information content (AvgIpc) is 2.37. The smallest absolute Gasteiger partial charge is 0.326 e. The molecule has 1 amide bonds. The third-order valence-corrected chi connectivity index (χ3v) is 2.70. The van der Waals surface area contributed by atoms with Crippen LogP contribution in [0.2, 0.25) is 0 Å². The minimum absolute atomic E-state index is 0.340. The first kappa shape index (κ1) is 15.5. The highest BCUT2D eigenvalue weighted by Crippen LogP contribution is 2.23. The fraction of sp³-hybridized carbons (Fsp3) is 0.273. The van der Waals surface area contributed by atoms with Crippen LogP contribution in [0.1, 0.15) is 17.3 Å². The molecule has 1 atom stereocenters. The predicted molar refractivity (Wildman–Crippen MR) is 62.2 cm³/mol. The Kier molecular flexibility index (Phi) is 4.33. The fourth-order valence-electron chi connectivity index (χ4n) is 1.39. The van der Waals surface area contributed by atoms with Crippen molar-refractivity contribution in [3.05, 3.63) is 39.4 Å². The molecule has 0 spiro atoms. The Bertz CT molecular complexity index is 590. The first-order valence-electron chi connectivity index (χ1n) is 5.30. The summed E-state index contributed by atoms with van der Waals surface area (Å²) in [6.45, 7) is 1.16. The van der Waals surface area contributed by atoms with Gasteiger partial charge in [0.15, 0.2) is 0 Å². The van der Waals surface area contributed by atoms with Gasteiger partial charge in [-0.3, -0.25) is 14.9 Å². The van der Waals surface area contributed by atoms with E-state index < -0.39 is 45.7 Å². The van der Waals surface area contributed by atoms with Crippen LogP contribution >= 0.6 is 0 Å². The van der Waals surface area contributed by atoms with Crippen molar-refractivity contribution in [1.82, 2.24) is 4.90 Å². The summed E-state index contributed by atoms with van der Waals surface area (Å²) in [5.41, 5.74) is -2.09. The van der Waals surface area contributed by atoms with E-state index in [1.165, 1.54) is 0 Å². The number of hydrogen-bond donors (Lipinski definition) is 1. The maximum absolute atomic E-state index is 13.8. The molecular formula is C11H10F2N2O5. The second kappa shape index (κ2) is 5.59. The van der Waals surface area contributed by atoms with Crippen LogP contribution in [-0.2, 0) is 4.79 Å². The number of halogens is 2. The maximum Gasteiger partial charge on any atom is 0.326 e. The molecule has 1 aromatic rings. The quantitative estimate of drug-likeness (QED) is 0.667. The van der Waals surface area contributed by atoms with Gasteiger partial charge in [-0.1, -0.05) is 0 Å². The van der Waals surface area contributed by atoms with E-state index in [0.29, 0.717) is 17.0 Å². The molecule has 0 aliphatic rings. The number of nitro benzene ring substituents is 1. The minimum atomic E-state index is -1.51. The highest BCUT2D eigenvalue weighted by molar-refractivity contribution is 5.97.